The van der Waals surface area contributed by atoms with Crippen LogP contribution in [0.3, 0.4) is 0 Å². The van der Waals surface area contributed by atoms with E-state index in [0.717, 1.165) is 17.1 Å². The fraction of sp³-hybridized carbons (Fsp3) is 0.562. The van der Waals surface area contributed by atoms with Crippen LogP contribution in [0, 0.1) is 5.41 Å². The third-order valence-corrected chi connectivity index (χ3v) is 4.24. The van der Waals surface area contributed by atoms with Crippen LogP contribution in [-0.4, -0.2) is 24.7 Å². The molecule has 0 saturated heterocycles. The molecule has 0 radical (unpaired) electrons. The van der Waals surface area contributed by atoms with Gasteiger partial charge in [-0.05, 0) is 45.4 Å². The zero-order chi connectivity index (χ0) is 15.7. The van der Waals surface area contributed by atoms with Crippen molar-refractivity contribution in [3.63, 3.8) is 0 Å². The molecule has 0 aliphatic carbocycles. The largest absolute Gasteiger partial charge is 0.486 e. The lowest BCUT2D eigenvalue weighted by Crippen LogP contribution is -2.55. The first-order chi connectivity index (χ1) is 9.72. The van der Waals surface area contributed by atoms with Crippen molar-refractivity contribution < 1.29 is 14.3 Å². The van der Waals surface area contributed by atoms with Gasteiger partial charge in [0.2, 0.25) is 5.91 Å². The van der Waals surface area contributed by atoms with Crippen LogP contribution in [0.15, 0.2) is 18.2 Å². The van der Waals surface area contributed by atoms with Crippen LogP contribution in [0.25, 0.3) is 0 Å². The zero-order valence-corrected chi connectivity index (χ0v) is 13.2. The Labute approximate surface area is 125 Å². The number of nitrogens with one attached hydrogen (secondary N) is 1. The smallest absolute Gasteiger partial charge is 0.227 e. The number of nitrogens with two attached hydrogens (primary N) is 1. The highest BCUT2D eigenvalue weighted by molar-refractivity contribution is 5.83. The average molecular weight is 292 g/mol. The summed E-state index contributed by atoms with van der Waals surface area (Å²) in [6, 6.07) is 5.69. The standard InChI is InChI=1S/C16H24N2O3/c1-15(2,16(3,4)17)14(19)18-10-11-5-6-12-13(9-11)21-8-7-20-12/h5-6,9H,7-8,10,17H2,1-4H3,(H,18,19). The topological polar surface area (TPSA) is 73.6 Å². The first-order valence-corrected chi connectivity index (χ1v) is 7.17. The average Bonchev–Trinajstić information content (AvgIpc) is 2.43. The Bertz CT molecular complexity index is 533. The van der Waals surface area contributed by atoms with E-state index in [9.17, 15) is 4.79 Å². The van der Waals surface area contributed by atoms with Crippen LogP contribution >= 0.6 is 0 Å². The molecule has 21 heavy (non-hydrogen) atoms. The predicted octanol–water partition coefficient (Wildman–Crippen LogP) is 1.84. The number of rotatable bonds is 4. The van der Waals surface area contributed by atoms with E-state index in [-0.39, 0.29) is 5.91 Å². The van der Waals surface area contributed by atoms with Crippen molar-refractivity contribution >= 4 is 5.91 Å². The maximum Gasteiger partial charge on any atom is 0.227 e. The van der Waals surface area contributed by atoms with Crippen molar-refractivity contribution in [3.05, 3.63) is 23.8 Å². The Kier molecular flexibility index (Phi) is 4.14. The van der Waals surface area contributed by atoms with Gasteiger partial charge in [0.25, 0.3) is 0 Å². The first-order valence-electron chi connectivity index (χ1n) is 7.17. The van der Waals surface area contributed by atoms with Gasteiger partial charge in [-0.1, -0.05) is 6.07 Å². The SMILES string of the molecule is CC(C)(N)C(C)(C)C(=O)NCc1ccc2c(c1)OCCO2. The number of carbonyl (C=O) groups is 1. The molecule has 3 N–H and O–H groups in total. The first kappa shape index (κ1) is 15.6. The van der Waals surface area contributed by atoms with Gasteiger partial charge >= 0.3 is 0 Å². The van der Waals surface area contributed by atoms with Crippen LogP contribution in [0.4, 0.5) is 0 Å². The van der Waals surface area contributed by atoms with E-state index in [1.807, 2.05) is 45.9 Å². The van der Waals surface area contributed by atoms with Crippen LogP contribution in [0.5, 0.6) is 11.5 Å². The van der Waals surface area contributed by atoms with Gasteiger partial charge in [0.15, 0.2) is 11.5 Å². The summed E-state index contributed by atoms with van der Waals surface area (Å²) in [5.41, 5.74) is 5.80. The molecule has 0 unspecified atom stereocenters. The number of fused-ring (bicyclic) bond motifs is 1. The molecular weight excluding hydrogens is 268 g/mol. The maximum atomic E-state index is 12.3. The number of carbonyl (C=O) groups excluding carboxylic acids is 1. The van der Waals surface area contributed by atoms with Crippen molar-refractivity contribution in [1.82, 2.24) is 5.32 Å². The molecule has 116 valence electrons. The molecule has 0 saturated carbocycles. The molecule has 1 amide bonds. The predicted molar refractivity (Wildman–Crippen MR) is 81.3 cm³/mol. The van der Waals surface area contributed by atoms with Crippen molar-refractivity contribution in [1.29, 1.82) is 0 Å². The van der Waals surface area contributed by atoms with E-state index in [4.69, 9.17) is 15.2 Å². The summed E-state index contributed by atoms with van der Waals surface area (Å²) in [6.07, 6.45) is 0. The molecule has 5 nitrogen and oxygen atoms in total. The minimum absolute atomic E-state index is 0.0649. The van der Waals surface area contributed by atoms with Crippen LogP contribution in [0.1, 0.15) is 33.3 Å². The summed E-state index contributed by atoms with van der Waals surface area (Å²) < 4.78 is 11.0. The van der Waals surface area contributed by atoms with Crippen molar-refractivity contribution in [3.8, 4) is 11.5 Å². The Morgan fingerprint density at radius 3 is 2.43 bits per heavy atom. The Morgan fingerprint density at radius 1 is 1.19 bits per heavy atom. The molecule has 1 aliphatic rings. The van der Waals surface area contributed by atoms with E-state index < -0.39 is 11.0 Å². The van der Waals surface area contributed by atoms with Crippen molar-refractivity contribution in [2.75, 3.05) is 13.2 Å². The third kappa shape index (κ3) is 3.29. The van der Waals surface area contributed by atoms with Gasteiger partial charge in [-0.2, -0.15) is 0 Å². The summed E-state index contributed by atoms with van der Waals surface area (Å²) >= 11 is 0. The summed E-state index contributed by atoms with van der Waals surface area (Å²) in [5.74, 6) is 1.41. The summed E-state index contributed by atoms with van der Waals surface area (Å²) in [4.78, 5) is 12.3. The Balaban J connectivity index is 2.02. The Morgan fingerprint density at radius 2 is 1.81 bits per heavy atom. The molecule has 1 aliphatic heterocycles. The molecule has 0 bridgehead atoms. The second kappa shape index (κ2) is 5.56. The van der Waals surface area contributed by atoms with Gasteiger partial charge in [-0.15, -0.1) is 0 Å². The summed E-state index contributed by atoms with van der Waals surface area (Å²) in [5, 5.41) is 2.94. The molecular formula is C16H24N2O3. The molecule has 0 fully saturated rings. The highest BCUT2D eigenvalue weighted by atomic mass is 16.6. The van der Waals surface area contributed by atoms with Gasteiger partial charge in [0.1, 0.15) is 13.2 Å². The molecule has 0 spiro atoms. The van der Waals surface area contributed by atoms with E-state index in [1.165, 1.54) is 0 Å². The fourth-order valence-corrected chi connectivity index (χ4v) is 1.89. The molecule has 0 aromatic heterocycles. The minimum atomic E-state index is -0.652. The molecule has 1 aromatic carbocycles. The maximum absolute atomic E-state index is 12.3. The third-order valence-electron chi connectivity index (χ3n) is 4.24. The van der Waals surface area contributed by atoms with Gasteiger partial charge in [0, 0.05) is 12.1 Å². The Hall–Kier alpha value is -1.75. The molecule has 2 rings (SSSR count). The molecule has 0 atom stereocenters. The van der Waals surface area contributed by atoms with Crippen LogP contribution in [-0.2, 0) is 11.3 Å². The molecule has 1 aromatic rings. The summed E-state index contributed by atoms with van der Waals surface area (Å²) in [6.45, 7) is 8.99. The lowest BCUT2D eigenvalue weighted by Gasteiger charge is -2.36. The number of amides is 1. The second-order valence-corrected chi connectivity index (χ2v) is 6.51. The highest BCUT2D eigenvalue weighted by Gasteiger charge is 2.40. The number of ether oxygens (including phenoxy) is 2. The highest BCUT2D eigenvalue weighted by Crippen LogP contribution is 2.31. The quantitative estimate of drug-likeness (QED) is 0.888. The lowest BCUT2D eigenvalue weighted by atomic mass is 9.74. The normalized spacial score (nSPS) is 14.7. The van der Waals surface area contributed by atoms with Gasteiger partial charge in [-0.25, -0.2) is 0 Å². The summed E-state index contributed by atoms with van der Waals surface area (Å²) in [7, 11) is 0. The number of hydrogen-bond acceptors (Lipinski definition) is 4. The van der Waals surface area contributed by atoms with Crippen molar-refractivity contribution in [2.24, 2.45) is 11.1 Å². The van der Waals surface area contributed by atoms with Gasteiger partial charge in [0.05, 0.1) is 5.41 Å². The number of benzene rings is 1. The van der Waals surface area contributed by atoms with Crippen LogP contribution in [0.2, 0.25) is 0 Å². The fourth-order valence-electron chi connectivity index (χ4n) is 1.89. The van der Waals surface area contributed by atoms with Gasteiger partial charge < -0.3 is 20.5 Å². The minimum Gasteiger partial charge on any atom is -0.486 e. The van der Waals surface area contributed by atoms with E-state index in [2.05, 4.69) is 5.32 Å². The van der Waals surface area contributed by atoms with Crippen molar-refractivity contribution in [2.45, 2.75) is 39.8 Å². The van der Waals surface area contributed by atoms with E-state index in [0.29, 0.717) is 19.8 Å². The molecule has 1 heterocycles. The van der Waals surface area contributed by atoms with E-state index >= 15 is 0 Å². The van der Waals surface area contributed by atoms with Crippen LogP contribution < -0.4 is 20.5 Å². The molecule has 5 heteroatoms. The van der Waals surface area contributed by atoms with Gasteiger partial charge in [-0.3, -0.25) is 4.79 Å². The number of hydrogen-bond donors (Lipinski definition) is 2. The monoisotopic (exact) mass is 292 g/mol. The zero-order valence-electron chi connectivity index (χ0n) is 13.2. The van der Waals surface area contributed by atoms with E-state index in [1.54, 1.807) is 0 Å². The lowest BCUT2D eigenvalue weighted by molar-refractivity contribution is -0.132. The second-order valence-electron chi connectivity index (χ2n) is 6.51.